The Labute approximate surface area is 105 Å². The zero-order valence-corrected chi connectivity index (χ0v) is 11.0. The summed E-state index contributed by atoms with van der Waals surface area (Å²) in [5.41, 5.74) is 5.60. The van der Waals surface area contributed by atoms with Crippen LogP contribution in [-0.4, -0.2) is 15.0 Å². The molecular formula is C9H10BrN5S. The summed E-state index contributed by atoms with van der Waals surface area (Å²) in [6.07, 6.45) is 1.85. The molecule has 0 aromatic carbocycles. The molecule has 0 fully saturated rings. The van der Waals surface area contributed by atoms with Crippen LogP contribution in [0.15, 0.2) is 16.9 Å². The van der Waals surface area contributed by atoms with Crippen LogP contribution in [0, 0.1) is 6.92 Å². The summed E-state index contributed by atoms with van der Waals surface area (Å²) in [5, 5.41) is 4.07. The molecular weight excluding hydrogens is 290 g/mol. The van der Waals surface area contributed by atoms with E-state index >= 15 is 0 Å². The van der Waals surface area contributed by atoms with Crippen molar-refractivity contribution in [3.8, 4) is 0 Å². The molecule has 0 aliphatic heterocycles. The quantitative estimate of drug-likeness (QED) is 0.850. The van der Waals surface area contributed by atoms with Gasteiger partial charge in [-0.1, -0.05) is 0 Å². The van der Waals surface area contributed by atoms with Crippen molar-refractivity contribution in [2.24, 2.45) is 0 Å². The number of nitrogens with one attached hydrogen (secondary N) is 1. The van der Waals surface area contributed by atoms with Crippen LogP contribution < -0.4 is 11.1 Å². The van der Waals surface area contributed by atoms with Gasteiger partial charge in [-0.25, -0.2) is 9.97 Å². The number of nitrogens with zero attached hydrogens (tertiary/aromatic N) is 3. The number of hydrogen-bond donors (Lipinski definition) is 2. The van der Waals surface area contributed by atoms with Gasteiger partial charge < -0.3 is 11.1 Å². The van der Waals surface area contributed by atoms with E-state index < -0.39 is 0 Å². The summed E-state index contributed by atoms with van der Waals surface area (Å²) >= 11 is 4.90. The second-order valence-electron chi connectivity index (χ2n) is 3.16. The Balaban J connectivity index is 2.04. The summed E-state index contributed by atoms with van der Waals surface area (Å²) in [4.78, 5) is 13.6. The van der Waals surface area contributed by atoms with E-state index in [0.717, 1.165) is 5.01 Å². The highest BCUT2D eigenvalue weighted by Crippen LogP contribution is 2.15. The van der Waals surface area contributed by atoms with Crippen molar-refractivity contribution in [3.63, 3.8) is 0 Å². The fourth-order valence-corrected chi connectivity index (χ4v) is 2.28. The number of anilines is 2. The Morgan fingerprint density at radius 1 is 1.50 bits per heavy atom. The Hall–Kier alpha value is -1.21. The van der Waals surface area contributed by atoms with Crippen LogP contribution >= 0.6 is 27.3 Å². The summed E-state index contributed by atoms with van der Waals surface area (Å²) in [7, 11) is 0. The fourth-order valence-electron chi connectivity index (χ4n) is 1.15. The fraction of sp³-hybridized carbons (Fsp3) is 0.222. The van der Waals surface area contributed by atoms with E-state index in [1.807, 2.05) is 13.1 Å². The lowest BCUT2D eigenvalue weighted by Gasteiger charge is -2.03. The standard InChI is InChI=1S/C9H10BrN5S/c1-5-3-12-8(16-5)4-13-9-14-6(10)2-7(11)15-9/h2-3H,4H2,1H3,(H3,11,13,14,15). The van der Waals surface area contributed by atoms with E-state index in [1.54, 1.807) is 17.4 Å². The average Bonchev–Trinajstić information content (AvgIpc) is 2.60. The summed E-state index contributed by atoms with van der Waals surface area (Å²) < 4.78 is 0.665. The zero-order chi connectivity index (χ0) is 11.5. The molecule has 0 bridgehead atoms. The maximum Gasteiger partial charge on any atom is 0.226 e. The molecule has 0 aliphatic rings. The number of nitrogen functional groups attached to an aromatic ring is 1. The second-order valence-corrected chi connectivity index (χ2v) is 5.29. The summed E-state index contributed by atoms with van der Waals surface area (Å²) in [6, 6.07) is 1.65. The Bertz CT molecular complexity index is 478. The summed E-state index contributed by atoms with van der Waals surface area (Å²) in [5.74, 6) is 0.930. The molecule has 0 amide bonds. The molecule has 0 spiro atoms. The van der Waals surface area contributed by atoms with Gasteiger partial charge in [0, 0.05) is 17.1 Å². The van der Waals surface area contributed by atoms with Crippen molar-refractivity contribution in [1.82, 2.24) is 15.0 Å². The van der Waals surface area contributed by atoms with Gasteiger partial charge in [-0.15, -0.1) is 11.3 Å². The van der Waals surface area contributed by atoms with Gasteiger partial charge in [-0.3, -0.25) is 0 Å². The van der Waals surface area contributed by atoms with Crippen molar-refractivity contribution in [3.05, 3.63) is 26.8 Å². The van der Waals surface area contributed by atoms with Gasteiger partial charge in [0.15, 0.2) is 0 Å². The second kappa shape index (κ2) is 4.75. The van der Waals surface area contributed by atoms with E-state index in [9.17, 15) is 0 Å². The Kier molecular flexibility index (Phi) is 3.35. The number of aromatic nitrogens is 3. The Morgan fingerprint density at radius 2 is 2.31 bits per heavy atom. The zero-order valence-electron chi connectivity index (χ0n) is 8.57. The van der Waals surface area contributed by atoms with Crippen molar-refractivity contribution >= 4 is 39.0 Å². The highest BCUT2D eigenvalue weighted by molar-refractivity contribution is 9.10. The molecule has 0 aliphatic carbocycles. The SMILES string of the molecule is Cc1cnc(CNc2nc(N)cc(Br)n2)s1. The predicted molar refractivity (Wildman–Crippen MR) is 68.3 cm³/mol. The summed E-state index contributed by atoms with van der Waals surface area (Å²) in [6.45, 7) is 2.63. The van der Waals surface area contributed by atoms with E-state index in [2.05, 4.69) is 36.2 Å². The largest absolute Gasteiger partial charge is 0.383 e. The molecule has 3 N–H and O–H groups in total. The van der Waals surface area contributed by atoms with Crippen LogP contribution in [0.1, 0.15) is 9.88 Å². The van der Waals surface area contributed by atoms with E-state index in [4.69, 9.17) is 5.73 Å². The molecule has 0 saturated carbocycles. The molecule has 5 nitrogen and oxygen atoms in total. The topological polar surface area (TPSA) is 76.7 Å². The van der Waals surface area contributed by atoms with Crippen LogP contribution in [0.3, 0.4) is 0 Å². The maximum atomic E-state index is 5.60. The van der Waals surface area contributed by atoms with Gasteiger partial charge >= 0.3 is 0 Å². The van der Waals surface area contributed by atoms with Gasteiger partial charge in [0.1, 0.15) is 15.4 Å². The van der Waals surface area contributed by atoms with Crippen LogP contribution in [0.5, 0.6) is 0 Å². The van der Waals surface area contributed by atoms with Crippen LogP contribution in [0.25, 0.3) is 0 Å². The molecule has 16 heavy (non-hydrogen) atoms. The smallest absolute Gasteiger partial charge is 0.226 e. The highest BCUT2D eigenvalue weighted by atomic mass is 79.9. The monoisotopic (exact) mass is 299 g/mol. The average molecular weight is 300 g/mol. The number of hydrogen-bond acceptors (Lipinski definition) is 6. The van der Waals surface area contributed by atoms with Crippen molar-refractivity contribution in [2.75, 3.05) is 11.1 Å². The first-order chi connectivity index (χ1) is 7.63. The van der Waals surface area contributed by atoms with E-state index in [-0.39, 0.29) is 0 Å². The van der Waals surface area contributed by atoms with Crippen LogP contribution in [0.4, 0.5) is 11.8 Å². The third-order valence-corrected chi connectivity index (χ3v) is 3.10. The third kappa shape index (κ3) is 2.89. The lowest BCUT2D eigenvalue weighted by molar-refractivity contribution is 1.03. The van der Waals surface area contributed by atoms with Gasteiger partial charge in [0.25, 0.3) is 0 Å². The first-order valence-corrected chi connectivity index (χ1v) is 6.19. The minimum atomic E-state index is 0.430. The third-order valence-electron chi connectivity index (χ3n) is 1.78. The molecule has 0 unspecified atom stereocenters. The van der Waals surface area contributed by atoms with Gasteiger partial charge in [0.05, 0.1) is 6.54 Å². The van der Waals surface area contributed by atoms with Crippen LogP contribution in [0.2, 0.25) is 0 Å². The molecule has 0 radical (unpaired) electrons. The molecule has 2 aromatic heterocycles. The van der Waals surface area contributed by atoms with Crippen LogP contribution in [-0.2, 0) is 6.54 Å². The molecule has 7 heteroatoms. The number of rotatable bonds is 3. The number of halogens is 1. The minimum absolute atomic E-state index is 0.430. The Morgan fingerprint density at radius 3 is 2.94 bits per heavy atom. The van der Waals surface area contributed by atoms with Crippen molar-refractivity contribution < 1.29 is 0 Å². The normalized spacial score (nSPS) is 10.4. The maximum absolute atomic E-state index is 5.60. The molecule has 2 rings (SSSR count). The highest BCUT2D eigenvalue weighted by Gasteiger charge is 2.02. The number of aryl methyl sites for hydroxylation is 1. The predicted octanol–water partition coefficient (Wildman–Crippen LogP) is 2.20. The lowest BCUT2D eigenvalue weighted by Crippen LogP contribution is -2.05. The molecule has 0 saturated heterocycles. The number of thiazole rings is 1. The van der Waals surface area contributed by atoms with Gasteiger partial charge in [-0.05, 0) is 22.9 Å². The first-order valence-electron chi connectivity index (χ1n) is 4.59. The van der Waals surface area contributed by atoms with Crippen molar-refractivity contribution in [1.29, 1.82) is 0 Å². The first kappa shape index (κ1) is 11.3. The van der Waals surface area contributed by atoms with E-state index in [0.29, 0.717) is 22.9 Å². The van der Waals surface area contributed by atoms with Crippen molar-refractivity contribution in [2.45, 2.75) is 13.5 Å². The lowest BCUT2D eigenvalue weighted by atomic mass is 10.6. The molecule has 2 aromatic rings. The van der Waals surface area contributed by atoms with Gasteiger partial charge in [0.2, 0.25) is 5.95 Å². The number of nitrogens with two attached hydrogens (primary N) is 1. The molecule has 0 atom stereocenters. The molecule has 84 valence electrons. The molecule has 2 heterocycles. The minimum Gasteiger partial charge on any atom is -0.383 e. The van der Waals surface area contributed by atoms with E-state index in [1.165, 1.54) is 4.88 Å². The van der Waals surface area contributed by atoms with Gasteiger partial charge in [-0.2, -0.15) is 4.98 Å².